The van der Waals surface area contributed by atoms with Gasteiger partial charge in [-0.3, -0.25) is 4.79 Å². The summed E-state index contributed by atoms with van der Waals surface area (Å²) in [6.45, 7) is 0. The number of carbonyl (C=O) groups excluding carboxylic acids is 1. The van der Waals surface area contributed by atoms with Crippen molar-refractivity contribution < 1.29 is 14.3 Å². The highest BCUT2D eigenvalue weighted by molar-refractivity contribution is 5.69. The maximum absolute atomic E-state index is 10.9. The van der Waals surface area contributed by atoms with Gasteiger partial charge in [0.15, 0.2) is 0 Å². The van der Waals surface area contributed by atoms with Crippen LogP contribution in [0.25, 0.3) is 0 Å². The molecule has 3 heteroatoms. The van der Waals surface area contributed by atoms with Gasteiger partial charge in [0, 0.05) is 5.92 Å². The van der Waals surface area contributed by atoms with E-state index in [4.69, 9.17) is 4.74 Å². The van der Waals surface area contributed by atoms with E-state index in [9.17, 15) is 4.79 Å². The molecule has 3 nitrogen and oxygen atoms in total. The molecule has 0 aromatic rings. The number of hydrogen-bond donors (Lipinski definition) is 0. The zero-order valence-electron chi connectivity index (χ0n) is 7.03. The van der Waals surface area contributed by atoms with Crippen molar-refractivity contribution in [2.45, 2.75) is 25.0 Å². The van der Waals surface area contributed by atoms with Crippen LogP contribution in [0.3, 0.4) is 0 Å². The monoisotopic (exact) mass is 168 g/mol. The molecule has 0 saturated carbocycles. The van der Waals surface area contributed by atoms with E-state index in [1.54, 1.807) is 0 Å². The summed E-state index contributed by atoms with van der Waals surface area (Å²) in [5.41, 5.74) is 0. The van der Waals surface area contributed by atoms with Crippen LogP contribution < -0.4 is 0 Å². The smallest absolute Gasteiger partial charge is 0.305 e. The summed E-state index contributed by atoms with van der Waals surface area (Å²) in [5.74, 6) is 0.206. The van der Waals surface area contributed by atoms with E-state index >= 15 is 0 Å². The lowest BCUT2D eigenvalue weighted by atomic mass is 9.91. The molecule has 0 aromatic heterocycles. The first kappa shape index (κ1) is 7.80. The molecule has 0 spiro atoms. The van der Waals surface area contributed by atoms with Crippen molar-refractivity contribution in [2.75, 3.05) is 7.11 Å². The summed E-state index contributed by atoms with van der Waals surface area (Å²) in [6.07, 6.45) is 5.98. The molecule has 2 aliphatic rings. The zero-order valence-corrected chi connectivity index (χ0v) is 7.03. The molecule has 2 heterocycles. The molecule has 2 bridgehead atoms. The Balaban J connectivity index is 1.91. The van der Waals surface area contributed by atoms with Gasteiger partial charge in [-0.1, -0.05) is 12.2 Å². The van der Waals surface area contributed by atoms with E-state index in [1.165, 1.54) is 7.11 Å². The normalized spacial score (nSPS) is 37.2. The van der Waals surface area contributed by atoms with Gasteiger partial charge in [-0.15, -0.1) is 0 Å². The highest BCUT2D eigenvalue weighted by Gasteiger charge is 2.37. The van der Waals surface area contributed by atoms with Gasteiger partial charge in [-0.2, -0.15) is 0 Å². The lowest BCUT2D eigenvalue weighted by Gasteiger charge is -2.12. The molecule has 2 rings (SSSR count). The summed E-state index contributed by atoms with van der Waals surface area (Å²) in [5, 5.41) is 0. The Morgan fingerprint density at radius 3 is 3.00 bits per heavy atom. The van der Waals surface area contributed by atoms with E-state index in [2.05, 4.69) is 10.8 Å². The second-order valence-corrected chi connectivity index (χ2v) is 3.30. The first-order chi connectivity index (χ1) is 5.79. The second kappa shape index (κ2) is 2.90. The molecule has 0 aromatic carbocycles. The van der Waals surface area contributed by atoms with Gasteiger partial charge < -0.3 is 9.47 Å². The molecule has 3 unspecified atom stereocenters. The number of rotatable bonds is 2. The number of ether oxygens (including phenoxy) is 2. The van der Waals surface area contributed by atoms with E-state index in [0.29, 0.717) is 12.3 Å². The molecule has 3 atom stereocenters. The fourth-order valence-corrected chi connectivity index (χ4v) is 1.86. The van der Waals surface area contributed by atoms with Crippen LogP contribution in [0.5, 0.6) is 0 Å². The third kappa shape index (κ3) is 1.25. The Bertz CT molecular complexity index is 222. The molecular formula is C9H12O3. The van der Waals surface area contributed by atoms with Crippen molar-refractivity contribution in [2.24, 2.45) is 5.92 Å². The molecular weight excluding hydrogens is 156 g/mol. The minimum absolute atomic E-state index is 0.135. The van der Waals surface area contributed by atoms with Gasteiger partial charge in [0.2, 0.25) is 0 Å². The largest absolute Gasteiger partial charge is 0.469 e. The predicted octanol–water partition coefficient (Wildman–Crippen LogP) is 0.893. The van der Waals surface area contributed by atoms with Gasteiger partial charge in [0.25, 0.3) is 0 Å². The van der Waals surface area contributed by atoms with Crippen LogP contribution in [0.15, 0.2) is 12.2 Å². The minimum atomic E-state index is -0.135. The SMILES string of the molecule is COC(=O)CC1CC2C=CC1O2. The van der Waals surface area contributed by atoms with Crippen LogP contribution in [-0.2, 0) is 14.3 Å². The first-order valence-electron chi connectivity index (χ1n) is 4.20. The number of esters is 1. The van der Waals surface area contributed by atoms with Gasteiger partial charge in [-0.25, -0.2) is 0 Å². The fourth-order valence-electron chi connectivity index (χ4n) is 1.86. The topological polar surface area (TPSA) is 35.5 Å². The predicted molar refractivity (Wildman–Crippen MR) is 42.5 cm³/mol. The summed E-state index contributed by atoms with van der Waals surface area (Å²) in [4.78, 5) is 10.9. The number of methoxy groups -OCH3 is 1. The van der Waals surface area contributed by atoms with Gasteiger partial charge in [0.1, 0.15) is 0 Å². The van der Waals surface area contributed by atoms with Crippen LogP contribution in [-0.4, -0.2) is 25.3 Å². The van der Waals surface area contributed by atoms with Crippen molar-refractivity contribution >= 4 is 5.97 Å². The lowest BCUT2D eigenvalue weighted by molar-refractivity contribution is -0.142. The quantitative estimate of drug-likeness (QED) is 0.454. The van der Waals surface area contributed by atoms with E-state index in [1.807, 2.05) is 6.08 Å². The van der Waals surface area contributed by atoms with Crippen molar-refractivity contribution in [3.8, 4) is 0 Å². The van der Waals surface area contributed by atoms with Crippen LogP contribution in [0.1, 0.15) is 12.8 Å². The Kier molecular flexibility index (Phi) is 1.89. The summed E-state index contributed by atoms with van der Waals surface area (Å²) in [7, 11) is 1.42. The van der Waals surface area contributed by atoms with Gasteiger partial charge >= 0.3 is 5.97 Å². The third-order valence-corrected chi connectivity index (χ3v) is 2.50. The van der Waals surface area contributed by atoms with Crippen LogP contribution in [0, 0.1) is 5.92 Å². The van der Waals surface area contributed by atoms with E-state index < -0.39 is 0 Å². The second-order valence-electron chi connectivity index (χ2n) is 3.30. The van der Waals surface area contributed by atoms with Crippen molar-refractivity contribution in [1.29, 1.82) is 0 Å². The zero-order chi connectivity index (χ0) is 8.55. The first-order valence-corrected chi connectivity index (χ1v) is 4.20. The van der Waals surface area contributed by atoms with Crippen molar-refractivity contribution in [3.05, 3.63) is 12.2 Å². The van der Waals surface area contributed by atoms with Crippen molar-refractivity contribution in [1.82, 2.24) is 0 Å². The molecule has 0 N–H and O–H groups in total. The highest BCUT2D eigenvalue weighted by atomic mass is 16.5. The van der Waals surface area contributed by atoms with Crippen LogP contribution in [0.2, 0.25) is 0 Å². The molecule has 0 amide bonds. The minimum Gasteiger partial charge on any atom is -0.469 e. The maximum atomic E-state index is 10.9. The Hall–Kier alpha value is -0.830. The number of carbonyl (C=O) groups is 1. The molecule has 0 aliphatic carbocycles. The summed E-state index contributed by atoms with van der Waals surface area (Å²) >= 11 is 0. The molecule has 2 aliphatic heterocycles. The highest BCUT2D eigenvalue weighted by Crippen LogP contribution is 2.35. The Morgan fingerprint density at radius 2 is 2.50 bits per heavy atom. The van der Waals surface area contributed by atoms with E-state index in [-0.39, 0.29) is 18.2 Å². The van der Waals surface area contributed by atoms with E-state index in [0.717, 1.165) is 6.42 Å². The average molecular weight is 168 g/mol. The summed E-state index contributed by atoms with van der Waals surface area (Å²) in [6, 6.07) is 0. The average Bonchev–Trinajstić information content (AvgIpc) is 2.64. The fraction of sp³-hybridized carbons (Fsp3) is 0.667. The number of fused-ring (bicyclic) bond motifs is 2. The molecule has 1 saturated heterocycles. The Labute approximate surface area is 71.3 Å². The lowest BCUT2D eigenvalue weighted by Crippen LogP contribution is -2.17. The molecule has 1 fully saturated rings. The van der Waals surface area contributed by atoms with Crippen LogP contribution >= 0.6 is 0 Å². The molecule has 66 valence electrons. The standard InChI is InChI=1S/C9H12O3/c1-11-9(10)5-6-4-7-2-3-8(6)12-7/h2-3,6-8H,4-5H2,1H3. The Morgan fingerprint density at radius 1 is 1.67 bits per heavy atom. The molecule has 0 radical (unpaired) electrons. The van der Waals surface area contributed by atoms with Gasteiger partial charge in [0.05, 0.1) is 25.7 Å². The van der Waals surface area contributed by atoms with Crippen molar-refractivity contribution in [3.63, 3.8) is 0 Å². The van der Waals surface area contributed by atoms with Crippen LogP contribution in [0.4, 0.5) is 0 Å². The van der Waals surface area contributed by atoms with Gasteiger partial charge in [-0.05, 0) is 6.42 Å². The maximum Gasteiger partial charge on any atom is 0.305 e. The number of hydrogen-bond acceptors (Lipinski definition) is 3. The summed E-state index contributed by atoms with van der Waals surface area (Å²) < 4.78 is 10.1. The third-order valence-electron chi connectivity index (χ3n) is 2.50. The molecule has 12 heavy (non-hydrogen) atoms.